The summed E-state index contributed by atoms with van der Waals surface area (Å²) >= 11 is 7.99. The van der Waals surface area contributed by atoms with Crippen LogP contribution in [0.15, 0.2) is 36.9 Å². The van der Waals surface area contributed by atoms with Crippen molar-refractivity contribution in [1.82, 2.24) is 4.90 Å². The van der Waals surface area contributed by atoms with Crippen LogP contribution in [-0.2, 0) is 9.53 Å². The van der Waals surface area contributed by atoms with Crippen molar-refractivity contribution in [2.24, 2.45) is 0 Å². The van der Waals surface area contributed by atoms with Crippen LogP contribution in [0.3, 0.4) is 0 Å². The molecule has 2 rings (SSSR count). The molecular formula is C21H30ClNO2S. The van der Waals surface area contributed by atoms with E-state index in [2.05, 4.69) is 27.4 Å². The quantitative estimate of drug-likeness (QED) is 0.517. The van der Waals surface area contributed by atoms with E-state index in [1.807, 2.05) is 40.9 Å². The van der Waals surface area contributed by atoms with Gasteiger partial charge in [0.05, 0.1) is 12.6 Å². The molecule has 1 fully saturated rings. The van der Waals surface area contributed by atoms with Gasteiger partial charge < -0.3 is 9.64 Å². The first-order valence-corrected chi connectivity index (χ1v) is 10.7. The Morgan fingerprint density at radius 3 is 2.65 bits per heavy atom. The number of halogens is 1. The van der Waals surface area contributed by atoms with Gasteiger partial charge in [-0.2, -0.15) is 11.8 Å². The van der Waals surface area contributed by atoms with Gasteiger partial charge in [0.2, 0.25) is 0 Å². The van der Waals surface area contributed by atoms with Gasteiger partial charge >= 0.3 is 0 Å². The summed E-state index contributed by atoms with van der Waals surface area (Å²) in [4.78, 5) is 15.1. The first-order valence-electron chi connectivity index (χ1n) is 9.40. The molecule has 144 valence electrons. The van der Waals surface area contributed by atoms with Crippen molar-refractivity contribution in [3.8, 4) is 0 Å². The van der Waals surface area contributed by atoms with E-state index in [1.165, 1.54) is 0 Å². The number of hydrogen-bond acceptors (Lipinski definition) is 3. The van der Waals surface area contributed by atoms with Gasteiger partial charge in [-0.05, 0) is 29.4 Å². The van der Waals surface area contributed by atoms with Crippen molar-refractivity contribution in [2.45, 2.75) is 62.7 Å². The fourth-order valence-corrected chi connectivity index (χ4v) is 4.85. The molecule has 3 unspecified atom stereocenters. The van der Waals surface area contributed by atoms with Crippen LogP contribution >= 0.6 is 23.4 Å². The van der Waals surface area contributed by atoms with Crippen LogP contribution in [0.2, 0.25) is 5.02 Å². The molecule has 0 aliphatic carbocycles. The summed E-state index contributed by atoms with van der Waals surface area (Å²) in [6.45, 7) is 11.7. The van der Waals surface area contributed by atoms with Gasteiger partial charge in [-0.25, -0.2) is 0 Å². The van der Waals surface area contributed by atoms with E-state index >= 15 is 0 Å². The predicted molar refractivity (Wildman–Crippen MR) is 112 cm³/mol. The van der Waals surface area contributed by atoms with Gasteiger partial charge in [0, 0.05) is 23.2 Å². The molecule has 5 heteroatoms. The number of nitrogens with zero attached hydrogens (tertiary/aromatic N) is 1. The number of benzene rings is 1. The van der Waals surface area contributed by atoms with Crippen molar-refractivity contribution in [3.05, 3.63) is 47.5 Å². The van der Waals surface area contributed by atoms with Gasteiger partial charge in [-0.1, -0.05) is 57.0 Å². The van der Waals surface area contributed by atoms with Crippen LogP contribution in [0.4, 0.5) is 0 Å². The second kappa shape index (κ2) is 10.4. The van der Waals surface area contributed by atoms with Crippen LogP contribution in [0, 0.1) is 0 Å². The molecule has 3 atom stereocenters. The smallest absolute Gasteiger partial charge is 0.252 e. The third-order valence-electron chi connectivity index (χ3n) is 4.50. The molecule has 1 amide bonds. The van der Waals surface area contributed by atoms with Crippen molar-refractivity contribution in [1.29, 1.82) is 0 Å². The molecule has 0 radical (unpaired) electrons. The van der Waals surface area contributed by atoms with Crippen molar-refractivity contribution < 1.29 is 9.53 Å². The number of carbonyl (C=O) groups excluding carboxylic acids is 1. The lowest BCUT2D eigenvalue weighted by Gasteiger charge is -2.41. The lowest BCUT2D eigenvalue weighted by atomic mass is 10.0. The monoisotopic (exact) mass is 395 g/mol. The molecule has 1 aliphatic rings. The zero-order valence-electron chi connectivity index (χ0n) is 16.0. The molecule has 1 aromatic rings. The van der Waals surface area contributed by atoms with Crippen molar-refractivity contribution in [2.75, 3.05) is 13.2 Å². The van der Waals surface area contributed by atoms with Crippen LogP contribution in [0.1, 0.15) is 51.6 Å². The fourth-order valence-electron chi connectivity index (χ4n) is 3.33. The van der Waals surface area contributed by atoms with E-state index in [4.69, 9.17) is 16.3 Å². The lowest BCUT2D eigenvalue weighted by Crippen LogP contribution is -2.51. The van der Waals surface area contributed by atoms with E-state index in [0.29, 0.717) is 28.6 Å². The third-order valence-corrected chi connectivity index (χ3v) is 6.07. The first-order chi connectivity index (χ1) is 12.5. The summed E-state index contributed by atoms with van der Waals surface area (Å²) < 4.78 is 5.88. The maximum Gasteiger partial charge on any atom is 0.252 e. The Hall–Kier alpha value is -0.970. The predicted octanol–water partition coefficient (Wildman–Crippen LogP) is 5.49. The molecule has 1 heterocycles. The Kier molecular flexibility index (Phi) is 8.52. The Morgan fingerprint density at radius 2 is 2.08 bits per heavy atom. The molecule has 1 aromatic carbocycles. The minimum absolute atomic E-state index is 0.0621. The molecule has 1 saturated heterocycles. The largest absolute Gasteiger partial charge is 0.366 e. The van der Waals surface area contributed by atoms with Gasteiger partial charge in [-0.3, -0.25) is 4.79 Å². The Morgan fingerprint density at radius 1 is 1.38 bits per heavy atom. The standard InChI is InChI=1S/C21H30ClNO2S/c1-5-7-18(26-15(3)4)13-23-19(16-9-11-17(22)12-10-16)14-25-20(8-6-2)21(23)24/h6,9-12,15,18-20H,2,5,7-8,13-14H2,1,3-4H3. The normalized spacial score (nSPS) is 21.9. The lowest BCUT2D eigenvalue weighted by molar-refractivity contribution is -0.159. The van der Waals surface area contributed by atoms with E-state index in [9.17, 15) is 4.79 Å². The Balaban J connectivity index is 2.25. The van der Waals surface area contributed by atoms with Crippen molar-refractivity contribution >= 4 is 29.3 Å². The number of hydrogen-bond donors (Lipinski definition) is 0. The van der Waals surface area contributed by atoms with Gasteiger partial charge in [0.15, 0.2) is 0 Å². The summed E-state index contributed by atoms with van der Waals surface area (Å²) in [6, 6.07) is 7.68. The highest BCUT2D eigenvalue weighted by Gasteiger charge is 2.37. The van der Waals surface area contributed by atoms with Gasteiger partial charge in [-0.15, -0.1) is 6.58 Å². The Bertz CT molecular complexity index is 590. The molecule has 0 aromatic heterocycles. The first kappa shape index (κ1) is 21.3. The summed E-state index contributed by atoms with van der Waals surface area (Å²) in [6.07, 6.45) is 4.12. The minimum Gasteiger partial charge on any atom is -0.366 e. The van der Waals surface area contributed by atoms with Crippen LogP contribution < -0.4 is 0 Å². The molecule has 0 bridgehead atoms. The summed E-state index contributed by atoms with van der Waals surface area (Å²) in [5, 5.41) is 1.67. The average Bonchev–Trinajstić information content (AvgIpc) is 2.59. The molecule has 3 nitrogen and oxygen atoms in total. The SMILES string of the molecule is C=CCC1OCC(c2ccc(Cl)cc2)N(CC(CCC)SC(C)C)C1=O. The minimum atomic E-state index is -0.414. The topological polar surface area (TPSA) is 29.5 Å². The molecule has 0 N–H and O–H groups in total. The molecule has 26 heavy (non-hydrogen) atoms. The van der Waals surface area contributed by atoms with Gasteiger partial charge in [0.1, 0.15) is 6.10 Å². The number of morpholine rings is 1. The van der Waals surface area contributed by atoms with E-state index in [-0.39, 0.29) is 11.9 Å². The maximum atomic E-state index is 13.1. The van der Waals surface area contributed by atoms with E-state index in [0.717, 1.165) is 24.9 Å². The second-order valence-corrected chi connectivity index (χ2v) is 9.32. The highest BCUT2D eigenvalue weighted by atomic mass is 35.5. The Labute approximate surface area is 167 Å². The van der Waals surface area contributed by atoms with Gasteiger partial charge in [0.25, 0.3) is 5.91 Å². The summed E-state index contributed by atoms with van der Waals surface area (Å²) in [5.41, 5.74) is 1.07. The number of ether oxygens (including phenoxy) is 1. The number of amides is 1. The second-order valence-electron chi connectivity index (χ2n) is 7.00. The highest BCUT2D eigenvalue weighted by Crippen LogP contribution is 2.32. The van der Waals surface area contributed by atoms with Crippen LogP contribution in [-0.4, -0.2) is 40.6 Å². The third kappa shape index (κ3) is 5.77. The number of thioether (sulfide) groups is 1. The zero-order valence-corrected chi connectivity index (χ0v) is 17.6. The average molecular weight is 396 g/mol. The highest BCUT2D eigenvalue weighted by molar-refractivity contribution is 8.00. The van der Waals surface area contributed by atoms with Crippen LogP contribution in [0.25, 0.3) is 0 Å². The molecular weight excluding hydrogens is 366 g/mol. The molecule has 0 saturated carbocycles. The summed E-state index contributed by atoms with van der Waals surface area (Å²) in [7, 11) is 0. The fraction of sp³-hybridized carbons (Fsp3) is 0.571. The number of carbonyl (C=O) groups is 1. The van der Waals surface area contributed by atoms with Crippen molar-refractivity contribution in [3.63, 3.8) is 0 Å². The van der Waals surface area contributed by atoms with E-state index in [1.54, 1.807) is 6.08 Å². The molecule has 1 aliphatic heterocycles. The van der Waals surface area contributed by atoms with E-state index < -0.39 is 6.10 Å². The number of rotatable bonds is 9. The van der Waals surface area contributed by atoms with Crippen LogP contribution in [0.5, 0.6) is 0 Å². The zero-order chi connectivity index (χ0) is 19.1. The molecule has 0 spiro atoms. The maximum absolute atomic E-state index is 13.1. The summed E-state index contributed by atoms with van der Waals surface area (Å²) in [5.74, 6) is 0.0709.